The van der Waals surface area contributed by atoms with Crippen molar-refractivity contribution in [1.29, 1.82) is 0 Å². The Labute approximate surface area is 186 Å². The van der Waals surface area contributed by atoms with Gasteiger partial charge in [0.05, 0.1) is 12.6 Å². The van der Waals surface area contributed by atoms with E-state index in [0.717, 1.165) is 16.9 Å². The normalized spacial score (nSPS) is 14.4. The summed E-state index contributed by atoms with van der Waals surface area (Å²) >= 11 is 1.62. The van der Waals surface area contributed by atoms with E-state index in [1.54, 1.807) is 34.4 Å². The lowest BCUT2D eigenvalue weighted by molar-refractivity contribution is 0.0943. The third-order valence-corrected chi connectivity index (χ3v) is 6.35. The van der Waals surface area contributed by atoms with E-state index in [-0.39, 0.29) is 18.0 Å². The van der Waals surface area contributed by atoms with Gasteiger partial charge in [0.2, 0.25) is 0 Å². The van der Waals surface area contributed by atoms with Crippen LogP contribution in [0.1, 0.15) is 52.2 Å². The molecule has 0 saturated carbocycles. The number of hydrogen-bond acceptors (Lipinski definition) is 4. The van der Waals surface area contributed by atoms with E-state index in [1.807, 2.05) is 23.6 Å². The Bertz CT molecular complexity index is 1030. The summed E-state index contributed by atoms with van der Waals surface area (Å²) in [5, 5.41) is 5.20. The molecule has 3 aromatic rings. The number of ether oxygens (including phenoxy) is 1. The number of aryl methyl sites for hydroxylation is 1. The minimum absolute atomic E-state index is 0.178. The van der Waals surface area contributed by atoms with Crippen LogP contribution in [0.15, 0.2) is 66.0 Å². The Hall–Kier alpha value is -3.12. The van der Waals surface area contributed by atoms with Gasteiger partial charge in [-0.15, -0.1) is 11.3 Å². The molecule has 5 nitrogen and oxygen atoms in total. The fraction of sp³-hybridized carbons (Fsp3) is 0.280. The molecule has 1 unspecified atom stereocenters. The molecule has 1 atom stereocenters. The van der Waals surface area contributed by atoms with Crippen molar-refractivity contribution in [2.45, 2.75) is 32.2 Å². The van der Waals surface area contributed by atoms with E-state index in [0.29, 0.717) is 24.4 Å². The number of cyclic esters (lactones) is 1. The smallest absolute Gasteiger partial charge is 0.414 e. The van der Waals surface area contributed by atoms with Crippen LogP contribution in [-0.2, 0) is 11.2 Å². The molecule has 0 radical (unpaired) electrons. The van der Waals surface area contributed by atoms with Gasteiger partial charge in [-0.3, -0.25) is 9.69 Å². The summed E-state index contributed by atoms with van der Waals surface area (Å²) in [6.07, 6.45) is 3.03. The van der Waals surface area contributed by atoms with Crippen molar-refractivity contribution in [3.05, 3.63) is 87.6 Å². The largest absolute Gasteiger partial charge is 0.447 e. The minimum atomic E-state index is -0.378. The van der Waals surface area contributed by atoms with Crippen molar-refractivity contribution in [2.75, 3.05) is 18.1 Å². The number of rotatable bonds is 8. The summed E-state index contributed by atoms with van der Waals surface area (Å²) in [4.78, 5) is 27.6. The molecule has 2 heterocycles. The average Bonchev–Trinajstić information content (AvgIpc) is 3.48. The second-order valence-electron chi connectivity index (χ2n) is 7.58. The van der Waals surface area contributed by atoms with E-state index >= 15 is 0 Å². The monoisotopic (exact) mass is 434 g/mol. The summed E-state index contributed by atoms with van der Waals surface area (Å²) in [5.74, 6) is -0.178. The first kappa shape index (κ1) is 21.1. The van der Waals surface area contributed by atoms with Crippen LogP contribution >= 0.6 is 11.3 Å². The first-order chi connectivity index (χ1) is 15.2. The number of carbonyl (C=O) groups excluding carboxylic acids is 2. The first-order valence-electron chi connectivity index (χ1n) is 10.6. The van der Waals surface area contributed by atoms with Crippen LogP contribution < -0.4 is 10.2 Å². The van der Waals surface area contributed by atoms with Crippen molar-refractivity contribution < 1.29 is 14.3 Å². The van der Waals surface area contributed by atoms with Crippen LogP contribution in [0.4, 0.5) is 10.5 Å². The Morgan fingerprint density at radius 1 is 1.16 bits per heavy atom. The summed E-state index contributed by atoms with van der Waals surface area (Å²) in [5.41, 5.74) is 3.55. The summed E-state index contributed by atoms with van der Waals surface area (Å²) in [6, 6.07) is 19.4. The molecular weight excluding hydrogens is 408 g/mol. The molecule has 2 amide bonds. The van der Waals surface area contributed by atoms with Crippen molar-refractivity contribution >= 4 is 29.0 Å². The van der Waals surface area contributed by atoms with Crippen molar-refractivity contribution in [1.82, 2.24) is 5.32 Å². The molecule has 31 heavy (non-hydrogen) atoms. The molecular formula is C25H26N2O3S. The Kier molecular flexibility index (Phi) is 6.67. The van der Waals surface area contributed by atoms with Crippen molar-refractivity contribution in [2.24, 2.45) is 0 Å². The second-order valence-corrected chi connectivity index (χ2v) is 8.56. The van der Waals surface area contributed by atoms with E-state index in [9.17, 15) is 9.59 Å². The van der Waals surface area contributed by atoms with Gasteiger partial charge in [-0.2, -0.15) is 0 Å². The zero-order chi connectivity index (χ0) is 21.6. The molecule has 1 aromatic heterocycles. The molecule has 6 heteroatoms. The average molecular weight is 435 g/mol. The van der Waals surface area contributed by atoms with Gasteiger partial charge < -0.3 is 10.1 Å². The van der Waals surface area contributed by atoms with Crippen LogP contribution in [0, 0.1) is 0 Å². The standard InChI is InChI=1S/C25H26N2O3S/c1-2-3-6-18-10-12-19(13-11-18)23(22-9-5-16-31-22)26-24(28)20-7-4-8-21(17-20)27-14-15-30-25(27)29/h4-5,7-13,16-17,23H,2-3,6,14-15H2,1H3,(H,26,28). The predicted molar refractivity (Wildman–Crippen MR) is 124 cm³/mol. The van der Waals surface area contributed by atoms with Gasteiger partial charge in [0.25, 0.3) is 5.91 Å². The number of unbranched alkanes of at least 4 members (excludes halogenated alkanes) is 1. The number of nitrogens with one attached hydrogen (secondary N) is 1. The first-order valence-corrected chi connectivity index (χ1v) is 11.5. The Morgan fingerprint density at radius 3 is 2.68 bits per heavy atom. The van der Waals surface area contributed by atoms with Crippen LogP contribution in [0.3, 0.4) is 0 Å². The highest BCUT2D eigenvalue weighted by atomic mass is 32.1. The topological polar surface area (TPSA) is 58.6 Å². The van der Waals surface area contributed by atoms with E-state index in [2.05, 4.69) is 36.5 Å². The molecule has 1 aliphatic rings. The van der Waals surface area contributed by atoms with Gasteiger partial charge in [0.1, 0.15) is 6.61 Å². The number of hydrogen-bond donors (Lipinski definition) is 1. The van der Waals surface area contributed by atoms with Crippen molar-refractivity contribution in [3.63, 3.8) is 0 Å². The second kappa shape index (κ2) is 9.79. The lowest BCUT2D eigenvalue weighted by Gasteiger charge is -2.19. The van der Waals surface area contributed by atoms with Gasteiger partial charge >= 0.3 is 6.09 Å². The third-order valence-electron chi connectivity index (χ3n) is 5.42. The van der Waals surface area contributed by atoms with Gasteiger partial charge in [0.15, 0.2) is 0 Å². The zero-order valence-electron chi connectivity index (χ0n) is 17.5. The number of anilines is 1. The van der Waals surface area contributed by atoms with E-state index < -0.39 is 0 Å². The SMILES string of the molecule is CCCCc1ccc(C(NC(=O)c2cccc(N3CCOC3=O)c2)c2cccs2)cc1. The summed E-state index contributed by atoms with van der Waals surface area (Å²) in [6.45, 7) is 3.05. The van der Waals surface area contributed by atoms with Crippen LogP contribution in [0.25, 0.3) is 0 Å². The number of amides is 2. The summed E-state index contributed by atoms with van der Waals surface area (Å²) in [7, 11) is 0. The Balaban J connectivity index is 1.55. The number of carbonyl (C=O) groups is 2. The van der Waals surface area contributed by atoms with E-state index in [1.165, 1.54) is 18.4 Å². The molecule has 0 spiro atoms. The van der Waals surface area contributed by atoms with Gasteiger partial charge in [-0.25, -0.2) is 4.79 Å². The Morgan fingerprint density at radius 2 is 2.00 bits per heavy atom. The number of benzene rings is 2. The molecule has 1 aliphatic heterocycles. The molecule has 0 bridgehead atoms. The van der Waals surface area contributed by atoms with Crippen LogP contribution in [0.5, 0.6) is 0 Å². The maximum atomic E-state index is 13.1. The predicted octanol–water partition coefficient (Wildman–Crippen LogP) is 5.57. The third kappa shape index (κ3) is 4.97. The number of thiophene rings is 1. The van der Waals surface area contributed by atoms with Crippen LogP contribution in [-0.4, -0.2) is 25.2 Å². The molecule has 4 rings (SSSR count). The van der Waals surface area contributed by atoms with Crippen molar-refractivity contribution in [3.8, 4) is 0 Å². The highest BCUT2D eigenvalue weighted by Crippen LogP contribution is 2.28. The molecule has 160 valence electrons. The minimum Gasteiger partial charge on any atom is -0.447 e. The zero-order valence-corrected chi connectivity index (χ0v) is 18.4. The highest BCUT2D eigenvalue weighted by molar-refractivity contribution is 7.10. The molecule has 1 saturated heterocycles. The molecule has 1 N–H and O–H groups in total. The fourth-order valence-electron chi connectivity index (χ4n) is 3.69. The quantitative estimate of drug-likeness (QED) is 0.504. The molecule has 1 fully saturated rings. The highest BCUT2D eigenvalue weighted by Gasteiger charge is 2.25. The lowest BCUT2D eigenvalue weighted by Crippen LogP contribution is -2.29. The lowest BCUT2D eigenvalue weighted by atomic mass is 10.0. The maximum absolute atomic E-state index is 13.1. The maximum Gasteiger partial charge on any atom is 0.414 e. The number of nitrogens with zero attached hydrogens (tertiary/aromatic N) is 1. The fourth-order valence-corrected chi connectivity index (χ4v) is 4.49. The summed E-state index contributed by atoms with van der Waals surface area (Å²) < 4.78 is 5.01. The molecule has 2 aromatic carbocycles. The van der Waals surface area contributed by atoms with Gasteiger partial charge in [-0.1, -0.05) is 49.7 Å². The van der Waals surface area contributed by atoms with Crippen LogP contribution in [0.2, 0.25) is 0 Å². The molecule has 0 aliphatic carbocycles. The van der Waals surface area contributed by atoms with Gasteiger partial charge in [0, 0.05) is 16.1 Å². The van der Waals surface area contributed by atoms with E-state index in [4.69, 9.17) is 4.74 Å². The van der Waals surface area contributed by atoms with Gasteiger partial charge in [-0.05, 0) is 53.6 Å².